The summed E-state index contributed by atoms with van der Waals surface area (Å²) in [6.45, 7) is 3.01. The predicted molar refractivity (Wildman–Crippen MR) is 52.0 cm³/mol. The fourth-order valence-corrected chi connectivity index (χ4v) is 1.46. The number of halogens is 6. The van der Waals surface area contributed by atoms with Gasteiger partial charge >= 0.3 is 12.4 Å². The van der Waals surface area contributed by atoms with Crippen LogP contribution in [0.4, 0.5) is 26.3 Å². The van der Waals surface area contributed by atoms with Crippen molar-refractivity contribution >= 4 is 0 Å². The standard InChI is InChI=1S/C10H16F6O2/c1-3-5-6(17)7(4-2)18-8(9(11,12)13)10(14,15)16/h6-8,17H,3-5H2,1-2H3. The van der Waals surface area contributed by atoms with Gasteiger partial charge in [-0.3, -0.25) is 0 Å². The summed E-state index contributed by atoms with van der Waals surface area (Å²) in [6, 6.07) is 0. The normalized spacial score (nSPS) is 17.0. The fourth-order valence-electron chi connectivity index (χ4n) is 1.46. The first kappa shape index (κ1) is 17.5. The third-order valence-electron chi connectivity index (χ3n) is 2.32. The van der Waals surface area contributed by atoms with Crippen molar-refractivity contribution in [2.45, 2.75) is 63.8 Å². The van der Waals surface area contributed by atoms with Crippen LogP contribution in [0, 0.1) is 0 Å². The van der Waals surface area contributed by atoms with E-state index >= 15 is 0 Å². The molecule has 0 aliphatic rings. The summed E-state index contributed by atoms with van der Waals surface area (Å²) in [5, 5.41) is 9.43. The van der Waals surface area contributed by atoms with Crippen LogP contribution in [0.5, 0.6) is 0 Å². The highest BCUT2D eigenvalue weighted by Crippen LogP contribution is 2.37. The van der Waals surface area contributed by atoms with Gasteiger partial charge in [0.25, 0.3) is 0 Å². The number of aliphatic hydroxyl groups is 1. The molecule has 0 aliphatic heterocycles. The van der Waals surface area contributed by atoms with E-state index in [2.05, 4.69) is 4.74 Å². The molecule has 0 radical (unpaired) electrons. The van der Waals surface area contributed by atoms with Gasteiger partial charge in [0.2, 0.25) is 6.10 Å². The maximum Gasteiger partial charge on any atom is 0.423 e. The Morgan fingerprint density at radius 2 is 1.44 bits per heavy atom. The summed E-state index contributed by atoms with van der Waals surface area (Å²) in [7, 11) is 0. The van der Waals surface area contributed by atoms with Gasteiger partial charge in [0.15, 0.2) is 0 Å². The minimum Gasteiger partial charge on any atom is -0.390 e. The minimum atomic E-state index is -5.54. The zero-order valence-electron chi connectivity index (χ0n) is 9.98. The lowest BCUT2D eigenvalue weighted by Crippen LogP contribution is -2.48. The highest BCUT2D eigenvalue weighted by Gasteiger charge is 2.58. The highest BCUT2D eigenvalue weighted by molar-refractivity contribution is 4.79. The van der Waals surface area contributed by atoms with Crippen molar-refractivity contribution in [3.05, 3.63) is 0 Å². The van der Waals surface area contributed by atoms with Crippen molar-refractivity contribution in [1.29, 1.82) is 0 Å². The van der Waals surface area contributed by atoms with E-state index in [0.29, 0.717) is 6.42 Å². The smallest absolute Gasteiger partial charge is 0.390 e. The quantitative estimate of drug-likeness (QED) is 0.756. The van der Waals surface area contributed by atoms with E-state index in [9.17, 15) is 31.4 Å². The van der Waals surface area contributed by atoms with Crippen molar-refractivity contribution in [1.82, 2.24) is 0 Å². The molecule has 0 aliphatic carbocycles. The second kappa shape index (κ2) is 6.60. The van der Waals surface area contributed by atoms with Crippen LogP contribution in [0.1, 0.15) is 33.1 Å². The number of ether oxygens (including phenoxy) is 1. The number of hydrogen-bond donors (Lipinski definition) is 1. The molecular formula is C10H16F6O2. The Morgan fingerprint density at radius 3 is 1.72 bits per heavy atom. The first-order valence-electron chi connectivity index (χ1n) is 5.50. The van der Waals surface area contributed by atoms with Crippen molar-refractivity contribution in [3.8, 4) is 0 Å². The summed E-state index contributed by atoms with van der Waals surface area (Å²) in [5.74, 6) is 0. The maximum absolute atomic E-state index is 12.2. The largest absolute Gasteiger partial charge is 0.423 e. The Balaban J connectivity index is 4.85. The molecule has 0 fully saturated rings. The van der Waals surface area contributed by atoms with Gasteiger partial charge in [0.05, 0.1) is 12.2 Å². The molecule has 8 heteroatoms. The molecule has 0 rings (SSSR count). The van der Waals surface area contributed by atoms with Crippen LogP contribution in [-0.4, -0.2) is 35.8 Å². The second-order valence-electron chi connectivity index (χ2n) is 3.90. The third-order valence-corrected chi connectivity index (χ3v) is 2.32. The summed E-state index contributed by atoms with van der Waals surface area (Å²) in [5.41, 5.74) is 0. The lowest BCUT2D eigenvalue weighted by atomic mass is 10.1. The van der Waals surface area contributed by atoms with E-state index in [0.717, 1.165) is 0 Å². The molecule has 2 atom stereocenters. The molecule has 18 heavy (non-hydrogen) atoms. The van der Waals surface area contributed by atoms with Crippen molar-refractivity contribution < 1.29 is 36.2 Å². The fraction of sp³-hybridized carbons (Fsp3) is 1.00. The summed E-state index contributed by atoms with van der Waals surface area (Å²) in [4.78, 5) is 0. The van der Waals surface area contributed by atoms with Gasteiger partial charge in [-0.15, -0.1) is 0 Å². The average Bonchev–Trinajstić information content (AvgIpc) is 2.14. The Labute approximate surface area is 101 Å². The topological polar surface area (TPSA) is 29.5 Å². The van der Waals surface area contributed by atoms with Gasteiger partial charge in [-0.05, 0) is 12.8 Å². The molecule has 0 bridgehead atoms. The predicted octanol–water partition coefficient (Wildman–Crippen LogP) is 3.44. The van der Waals surface area contributed by atoms with Crippen molar-refractivity contribution in [3.63, 3.8) is 0 Å². The molecule has 0 saturated carbocycles. The van der Waals surface area contributed by atoms with E-state index in [4.69, 9.17) is 0 Å². The lowest BCUT2D eigenvalue weighted by molar-refractivity contribution is -0.335. The van der Waals surface area contributed by atoms with Crippen LogP contribution < -0.4 is 0 Å². The first-order valence-corrected chi connectivity index (χ1v) is 5.50. The molecule has 0 aromatic heterocycles. The van der Waals surface area contributed by atoms with Crippen molar-refractivity contribution in [2.24, 2.45) is 0 Å². The van der Waals surface area contributed by atoms with Crippen LogP contribution in [0.15, 0.2) is 0 Å². The van der Waals surface area contributed by atoms with Crippen LogP contribution in [0.25, 0.3) is 0 Å². The van der Waals surface area contributed by atoms with Gasteiger partial charge < -0.3 is 9.84 Å². The molecular weight excluding hydrogens is 266 g/mol. The zero-order chi connectivity index (χ0) is 14.6. The molecule has 1 N–H and O–H groups in total. The van der Waals surface area contributed by atoms with E-state index in [1.165, 1.54) is 6.92 Å². The number of hydrogen-bond acceptors (Lipinski definition) is 2. The maximum atomic E-state index is 12.2. The monoisotopic (exact) mass is 282 g/mol. The van der Waals surface area contributed by atoms with E-state index in [1.807, 2.05) is 0 Å². The summed E-state index contributed by atoms with van der Waals surface area (Å²) >= 11 is 0. The van der Waals surface area contributed by atoms with E-state index in [-0.39, 0.29) is 12.8 Å². The van der Waals surface area contributed by atoms with Gasteiger partial charge in [0, 0.05) is 0 Å². The zero-order valence-corrected chi connectivity index (χ0v) is 9.98. The van der Waals surface area contributed by atoms with Crippen molar-refractivity contribution in [2.75, 3.05) is 0 Å². The molecule has 2 unspecified atom stereocenters. The van der Waals surface area contributed by atoms with Crippen LogP contribution >= 0.6 is 0 Å². The summed E-state index contributed by atoms with van der Waals surface area (Å²) in [6.07, 6.45) is -17.4. The Hall–Kier alpha value is -0.500. The van der Waals surface area contributed by atoms with E-state index in [1.54, 1.807) is 6.92 Å². The Kier molecular flexibility index (Phi) is 6.42. The van der Waals surface area contributed by atoms with Crippen LogP contribution in [0.2, 0.25) is 0 Å². The average molecular weight is 282 g/mol. The van der Waals surface area contributed by atoms with Gasteiger partial charge in [-0.25, -0.2) is 0 Å². The molecule has 0 heterocycles. The number of alkyl halides is 6. The number of rotatable bonds is 6. The van der Waals surface area contributed by atoms with Gasteiger partial charge in [-0.2, -0.15) is 26.3 Å². The van der Waals surface area contributed by atoms with Gasteiger partial charge in [-0.1, -0.05) is 20.3 Å². The Bertz CT molecular complexity index is 224. The molecule has 0 aromatic rings. The molecule has 0 spiro atoms. The molecule has 2 nitrogen and oxygen atoms in total. The number of aliphatic hydroxyl groups excluding tert-OH is 1. The van der Waals surface area contributed by atoms with Crippen LogP contribution in [0.3, 0.4) is 0 Å². The summed E-state index contributed by atoms with van der Waals surface area (Å²) < 4.78 is 77.5. The van der Waals surface area contributed by atoms with Gasteiger partial charge in [0.1, 0.15) is 0 Å². The molecule has 110 valence electrons. The highest BCUT2D eigenvalue weighted by atomic mass is 19.4. The second-order valence-corrected chi connectivity index (χ2v) is 3.90. The Morgan fingerprint density at radius 1 is 1.00 bits per heavy atom. The van der Waals surface area contributed by atoms with Crippen LogP contribution in [-0.2, 0) is 4.74 Å². The lowest BCUT2D eigenvalue weighted by Gasteiger charge is -2.29. The van der Waals surface area contributed by atoms with E-state index < -0.39 is 30.7 Å². The molecule has 0 aromatic carbocycles. The SMILES string of the molecule is CCCC(O)C(CC)OC(C(F)(F)F)C(F)(F)F. The first-order chi connectivity index (χ1) is 8.04. The minimum absolute atomic E-state index is 0.0843. The molecule has 0 amide bonds. The third kappa shape index (κ3) is 5.43. The molecule has 0 saturated heterocycles.